The van der Waals surface area contributed by atoms with Gasteiger partial charge < -0.3 is 15.2 Å². The molecule has 0 aliphatic carbocycles. The van der Waals surface area contributed by atoms with Crippen LogP contribution in [0.2, 0.25) is 0 Å². The minimum absolute atomic E-state index is 0.346. The molecule has 0 saturated carbocycles. The number of hydrogen-bond donors (Lipinski definition) is 1. The molecule has 0 bridgehead atoms. The summed E-state index contributed by atoms with van der Waals surface area (Å²) in [5.41, 5.74) is 6.98. The average molecular weight is 364 g/mol. The summed E-state index contributed by atoms with van der Waals surface area (Å²) in [6, 6.07) is 20.3. The first-order valence-corrected chi connectivity index (χ1v) is 9.69. The normalized spacial score (nSPS) is 11.6. The van der Waals surface area contributed by atoms with E-state index in [1.165, 1.54) is 12.8 Å². The molecule has 0 atom stereocenters. The fraction of sp³-hybridized carbons (Fsp3) is 0.333. The van der Waals surface area contributed by atoms with Crippen molar-refractivity contribution in [2.45, 2.75) is 45.6 Å². The Morgan fingerprint density at radius 3 is 2.30 bits per heavy atom. The Labute approximate surface area is 162 Å². The predicted octanol–water partition coefficient (Wildman–Crippen LogP) is 6.39. The topological polar surface area (TPSA) is 44.5 Å². The Hall–Kier alpha value is -2.52. The fourth-order valence-corrected chi connectivity index (χ4v) is 2.99. The average Bonchev–Trinajstić information content (AvgIpc) is 2.64. The summed E-state index contributed by atoms with van der Waals surface area (Å²) < 4.78 is 11.9. The molecule has 0 saturated heterocycles. The highest BCUT2D eigenvalue weighted by Crippen LogP contribution is 2.29. The third kappa shape index (κ3) is 5.24. The summed E-state index contributed by atoms with van der Waals surface area (Å²) in [7, 11) is 0. The van der Waals surface area contributed by atoms with Gasteiger partial charge in [0.15, 0.2) is 0 Å². The van der Waals surface area contributed by atoms with Gasteiger partial charge in [-0.3, -0.25) is 0 Å². The van der Waals surface area contributed by atoms with Crippen LogP contribution in [0.25, 0.3) is 10.8 Å². The smallest absolute Gasteiger partial charge is 0.131 e. The van der Waals surface area contributed by atoms with Gasteiger partial charge in [-0.15, -0.1) is 0 Å². The summed E-state index contributed by atoms with van der Waals surface area (Å²) >= 11 is 0. The summed E-state index contributed by atoms with van der Waals surface area (Å²) in [5.74, 6) is 2.44. The van der Waals surface area contributed by atoms with Crippen LogP contribution in [0.4, 0.5) is 0 Å². The molecule has 0 unspecified atom stereocenters. The highest BCUT2D eigenvalue weighted by Gasteiger charge is 2.14. The monoisotopic (exact) mass is 363 g/mol. The molecule has 0 aromatic heterocycles. The molecule has 0 heterocycles. The number of unbranched alkanes of at least 4 members (excludes halogenated alkanes) is 2. The van der Waals surface area contributed by atoms with E-state index in [-0.39, 0.29) is 5.54 Å². The zero-order valence-corrected chi connectivity index (χ0v) is 16.5. The molecular weight excluding hydrogens is 334 g/mol. The summed E-state index contributed by atoms with van der Waals surface area (Å²) in [6.45, 7) is 6.97. The van der Waals surface area contributed by atoms with E-state index in [0.29, 0.717) is 0 Å². The summed E-state index contributed by atoms with van der Waals surface area (Å²) in [6.07, 6.45) is 3.46. The van der Waals surface area contributed by atoms with Crippen molar-refractivity contribution < 1.29 is 9.47 Å². The van der Waals surface area contributed by atoms with Crippen molar-refractivity contribution in [1.82, 2.24) is 0 Å². The highest BCUT2D eigenvalue weighted by atomic mass is 16.5. The van der Waals surface area contributed by atoms with E-state index in [1.807, 2.05) is 44.2 Å². The van der Waals surface area contributed by atoms with Crippen LogP contribution >= 0.6 is 0 Å². The van der Waals surface area contributed by atoms with Crippen molar-refractivity contribution in [2.24, 2.45) is 5.73 Å². The number of ether oxygens (including phenoxy) is 2. The first-order valence-electron chi connectivity index (χ1n) is 9.69. The van der Waals surface area contributed by atoms with E-state index >= 15 is 0 Å². The Bertz CT molecular complexity index is 896. The van der Waals surface area contributed by atoms with Crippen LogP contribution in [0.3, 0.4) is 0 Å². The molecule has 2 N–H and O–H groups in total. The largest absolute Gasteiger partial charge is 0.493 e. The second-order valence-corrected chi connectivity index (χ2v) is 7.58. The molecular formula is C24H29NO2. The lowest BCUT2D eigenvalue weighted by Crippen LogP contribution is -2.28. The van der Waals surface area contributed by atoms with Crippen LogP contribution in [0.15, 0.2) is 60.7 Å². The van der Waals surface area contributed by atoms with Crippen LogP contribution in [-0.2, 0) is 5.54 Å². The lowest BCUT2D eigenvalue weighted by atomic mass is 9.93. The van der Waals surface area contributed by atoms with Gasteiger partial charge in [-0.05, 0) is 66.9 Å². The first kappa shape index (κ1) is 19.2. The molecule has 142 valence electrons. The third-order valence-corrected chi connectivity index (χ3v) is 4.61. The second kappa shape index (κ2) is 8.45. The molecule has 3 aromatic rings. The quantitative estimate of drug-likeness (QED) is 0.471. The van der Waals surface area contributed by atoms with E-state index in [2.05, 4.69) is 37.3 Å². The van der Waals surface area contributed by atoms with Crippen molar-refractivity contribution in [3.63, 3.8) is 0 Å². The van der Waals surface area contributed by atoms with Gasteiger partial charge in [0.1, 0.15) is 17.2 Å². The fourth-order valence-electron chi connectivity index (χ4n) is 2.99. The van der Waals surface area contributed by atoms with Crippen molar-refractivity contribution in [3.8, 4) is 17.2 Å². The number of benzene rings is 3. The van der Waals surface area contributed by atoms with Gasteiger partial charge in [-0.1, -0.05) is 44.0 Å². The zero-order chi connectivity index (χ0) is 19.3. The minimum atomic E-state index is -0.346. The standard InChI is InChI=1S/C24H29NO2/c1-4-5-6-14-26-21-8-7-9-22(17-21)27-23-13-11-18-15-20(24(2,3)25)12-10-19(18)16-23/h7-13,15-17H,4-6,14,25H2,1-3H3. The van der Waals surface area contributed by atoms with Gasteiger partial charge in [-0.2, -0.15) is 0 Å². The first-order chi connectivity index (χ1) is 13.0. The van der Waals surface area contributed by atoms with Gasteiger partial charge in [0.2, 0.25) is 0 Å². The lowest BCUT2D eigenvalue weighted by Gasteiger charge is -2.19. The van der Waals surface area contributed by atoms with Crippen LogP contribution < -0.4 is 15.2 Å². The molecule has 0 fully saturated rings. The Morgan fingerprint density at radius 2 is 1.52 bits per heavy atom. The molecule has 27 heavy (non-hydrogen) atoms. The number of fused-ring (bicyclic) bond motifs is 1. The van der Waals surface area contributed by atoms with Crippen LogP contribution in [0.5, 0.6) is 17.2 Å². The zero-order valence-electron chi connectivity index (χ0n) is 16.5. The Morgan fingerprint density at radius 1 is 0.815 bits per heavy atom. The van der Waals surface area contributed by atoms with Gasteiger partial charge in [0.25, 0.3) is 0 Å². The number of rotatable bonds is 8. The van der Waals surface area contributed by atoms with Crippen molar-refractivity contribution in [3.05, 3.63) is 66.2 Å². The summed E-state index contributed by atoms with van der Waals surface area (Å²) in [5, 5.41) is 2.29. The molecule has 3 rings (SSSR count). The molecule has 0 aliphatic rings. The number of nitrogens with two attached hydrogens (primary N) is 1. The molecule has 0 aliphatic heterocycles. The molecule has 3 heteroatoms. The maximum absolute atomic E-state index is 6.21. The van der Waals surface area contributed by atoms with Crippen molar-refractivity contribution in [2.75, 3.05) is 6.61 Å². The van der Waals surface area contributed by atoms with Gasteiger partial charge in [0, 0.05) is 11.6 Å². The van der Waals surface area contributed by atoms with Gasteiger partial charge >= 0.3 is 0 Å². The Kier molecular flexibility index (Phi) is 6.02. The molecule has 3 nitrogen and oxygen atoms in total. The van der Waals surface area contributed by atoms with Crippen molar-refractivity contribution >= 4 is 10.8 Å². The molecule has 0 radical (unpaired) electrons. The van der Waals surface area contributed by atoms with E-state index in [0.717, 1.165) is 46.6 Å². The van der Waals surface area contributed by atoms with E-state index < -0.39 is 0 Å². The SMILES string of the molecule is CCCCCOc1cccc(Oc2ccc3cc(C(C)(C)N)ccc3c2)c1. The Balaban J connectivity index is 1.73. The van der Waals surface area contributed by atoms with Crippen LogP contribution in [0, 0.1) is 0 Å². The van der Waals surface area contributed by atoms with Crippen molar-refractivity contribution in [1.29, 1.82) is 0 Å². The number of hydrogen-bond acceptors (Lipinski definition) is 3. The maximum atomic E-state index is 6.21. The van der Waals surface area contributed by atoms with Crippen LogP contribution in [-0.4, -0.2) is 6.61 Å². The maximum Gasteiger partial charge on any atom is 0.131 e. The predicted molar refractivity (Wildman–Crippen MR) is 113 cm³/mol. The molecule has 0 spiro atoms. The second-order valence-electron chi connectivity index (χ2n) is 7.58. The highest BCUT2D eigenvalue weighted by molar-refractivity contribution is 5.84. The minimum Gasteiger partial charge on any atom is -0.493 e. The van der Waals surface area contributed by atoms with E-state index in [1.54, 1.807) is 0 Å². The van der Waals surface area contributed by atoms with Gasteiger partial charge in [-0.25, -0.2) is 0 Å². The summed E-state index contributed by atoms with van der Waals surface area (Å²) in [4.78, 5) is 0. The van der Waals surface area contributed by atoms with E-state index in [4.69, 9.17) is 15.2 Å². The van der Waals surface area contributed by atoms with Gasteiger partial charge in [0.05, 0.1) is 6.61 Å². The third-order valence-electron chi connectivity index (χ3n) is 4.61. The van der Waals surface area contributed by atoms with Crippen LogP contribution in [0.1, 0.15) is 45.6 Å². The molecule has 3 aromatic carbocycles. The molecule has 0 amide bonds. The van der Waals surface area contributed by atoms with E-state index in [9.17, 15) is 0 Å². The lowest BCUT2D eigenvalue weighted by molar-refractivity contribution is 0.305.